The summed E-state index contributed by atoms with van der Waals surface area (Å²) in [6.07, 6.45) is 0. The van der Waals surface area contributed by atoms with E-state index in [-0.39, 0.29) is 11.8 Å². The SMILES string of the molecule is CC(C(=O)NCCI)c1ccccc1. The molecule has 1 atom stereocenters. The molecule has 76 valence electrons. The van der Waals surface area contributed by atoms with Crippen molar-refractivity contribution in [3.05, 3.63) is 35.9 Å². The third-order valence-electron chi connectivity index (χ3n) is 2.09. The summed E-state index contributed by atoms with van der Waals surface area (Å²) < 4.78 is 0.949. The average Bonchev–Trinajstić information content (AvgIpc) is 2.26. The zero-order chi connectivity index (χ0) is 10.4. The number of amides is 1. The van der Waals surface area contributed by atoms with E-state index in [1.165, 1.54) is 0 Å². The van der Waals surface area contributed by atoms with Crippen LogP contribution in [0.15, 0.2) is 30.3 Å². The van der Waals surface area contributed by atoms with Gasteiger partial charge in [-0.2, -0.15) is 0 Å². The quantitative estimate of drug-likeness (QED) is 0.671. The molecule has 0 fully saturated rings. The fourth-order valence-corrected chi connectivity index (χ4v) is 1.49. The summed E-state index contributed by atoms with van der Waals surface area (Å²) in [7, 11) is 0. The maximum Gasteiger partial charge on any atom is 0.227 e. The summed E-state index contributed by atoms with van der Waals surface area (Å²) in [6, 6.07) is 9.83. The molecule has 0 heterocycles. The first-order valence-electron chi connectivity index (χ1n) is 4.64. The van der Waals surface area contributed by atoms with Gasteiger partial charge in [-0.15, -0.1) is 0 Å². The summed E-state index contributed by atoms with van der Waals surface area (Å²) in [5.74, 6) is 0.0482. The van der Waals surface area contributed by atoms with E-state index in [9.17, 15) is 4.79 Å². The van der Waals surface area contributed by atoms with Gasteiger partial charge in [-0.05, 0) is 12.5 Å². The topological polar surface area (TPSA) is 29.1 Å². The summed E-state index contributed by atoms with van der Waals surface area (Å²) in [4.78, 5) is 11.6. The number of benzene rings is 1. The van der Waals surface area contributed by atoms with E-state index in [1.54, 1.807) is 0 Å². The Kier molecular flexibility index (Phi) is 4.93. The molecule has 0 aromatic heterocycles. The third kappa shape index (κ3) is 3.29. The minimum atomic E-state index is -0.0563. The lowest BCUT2D eigenvalue weighted by Gasteiger charge is -2.11. The number of rotatable bonds is 4. The molecule has 1 rings (SSSR count). The molecule has 0 radical (unpaired) electrons. The molecular formula is C11H14INO. The number of hydrogen-bond donors (Lipinski definition) is 1. The van der Waals surface area contributed by atoms with Crippen LogP contribution in [0.25, 0.3) is 0 Å². The highest BCUT2D eigenvalue weighted by Gasteiger charge is 2.13. The number of carbonyl (C=O) groups excluding carboxylic acids is 1. The van der Waals surface area contributed by atoms with E-state index < -0.39 is 0 Å². The van der Waals surface area contributed by atoms with Gasteiger partial charge >= 0.3 is 0 Å². The molecular weight excluding hydrogens is 289 g/mol. The van der Waals surface area contributed by atoms with Gasteiger partial charge in [-0.25, -0.2) is 0 Å². The molecule has 0 aliphatic carbocycles. The molecule has 1 aromatic rings. The van der Waals surface area contributed by atoms with Gasteiger partial charge in [0.2, 0.25) is 5.91 Å². The van der Waals surface area contributed by atoms with E-state index in [1.807, 2.05) is 37.3 Å². The van der Waals surface area contributed by atoms with Crippen molar-refractivity contribution in [2.45, 2.75) is 12.8 Å². The Morgan fingerprint density at radius 1 is 1.43 bits per heavy atom. The largest absolute Gasteiger partial charge is 0.355 e. The second-order valence-electron chi connectivity index (χ2n) is 3.11. The van der Waals surface area contributed by atoms with Gasteiger partial charge in [0.25, 0.3) is 0 Å². The highest BCUT2D eigenvalue weighted by molar-refractivity contribution is 14.1. The molecule has 0 saturated heterocycles. The summed E-state index contributed by atoms with van der Waals surface area (Å²) in [5.41, 5.74) is 1.07. The van der Waals surface area contributed by atoms with E-state index in [0.29, 0.717) is 0 Å². The molecule has 14 heavy (non-hydrogen) atoms. The van der Waals surface area contributed by atoms with Crippen LogP contribution in [0, 0.1) is 0 Å². The van der Waals surface area contributed by atoms with Gasteiger partial charge in [0, 0.05) is 11.0 Å². The molecule has 1 aromatic carbocycles. The maximum atomic E-state index is 11.6. The van der Waals surface area contributed by atoms with Crippen molar-refractivity contribution in [2.75, 3.05) is 11.0 Å². The maximum absolute atomic E-state index is 11.6. The molecule has 1 N–H and O–H groups in total. The normalized spacial score (nSPS) is 12.1. The van der Waals surface area contributed by atoms with Crippen LogP contribution in [0.4, 0.5) is 0 Å². The van der Waals surface area contributed by atoms with Crippen LogP contribution >= 0.6 is 22.6 Å². The lowest BCUT2D eigenvalue weighted by atomic mass is 10.0. The Morgan fingerprint density at radius 3 is 2.64 bits per heavy atom. The predicted molar refractivity (Wildman–Crippen MR) is 66.8 cm³/mol. The number of nitrogens with one attached hydrogen (secondary N) is 1. The van der Waals surface area contributed by atoms with Gasteiger partial charge in [0.05, 0.1) is 5.92 Å². The molecule has 1 amide bonds. The van der Waals surface area contributed by atoms with E-state index in [2.05, 4.69) is 27.9 Å². The van der Waals surface area contributed by atoms with Gasteiger partial charge in [0.15, 0.2) is 0 Å². The van der Waals surface area contributed by atoms with Crippen molar-refractivity contribution in [1.29, 1.82) is 0 Å². The first-order chi connectivity index (χ1) is 6.75. The minimum Gasteiger partial charge on any atom is -0.355 e. The monoisotopic (exact) mass is 303 g/mol. The van der Waals surface area contributed by atoms with Crippen LogP contribution in [0.2, 0.25) is 0 Å². The Morgan fingerprint density at radius 2 is 2.07 bits per heavy atom. The standard InChI is InChI=1S/C11H14INO/c1-9(11(14)13-8-7-12)10-5-3-2-4-6-10/h2-6,9H,7-8H2,1H3,(H,13,14). The Balaban J connectivity index is 2.57. The number of alkyl halides is 1. The lowest BCUT2D eigenvalue weighted by molar-refractivity contribution is -0.122. The molecule has 0 aliphatic rings. The summed E-state index contributed by atoms with van der Waals surface area (Å²) in [5, 5.41) is 2.88. The highest BCUT2D eigenvalue weighted by atomic mass is 127. The van der Waals surface area contributed by atoms with Crippen LogP contribution in [0.1, 0.15) is 18.4 Å². The van der Waals surface area contributed by atoms with Crippen molar-refractivity contribution in [3.8, 4) is 0 Å². The van der Waals surface area contributed by atoms with Gasteiger partial charge in [-0.3, -0.25) is 4.79 Å². The van der Waals surface area contributed by atoms with Crippen molar-refractivity contribution < 1.29 is 4.79 Å². The second-order valence-corrected chi connectivity index (χ2v) is 4.19. The van der Waals surface area contributed by atoms with Crippen molar-refractivity contribution >= 4 is 28.5 Å². The molecule has 2 nitrogen and oxygen atoms in total. The molecule has 0 bridgehead atoms. The number of carbonyl (C=O) groups is 1. The molecule has 3 heteroatoms. The van der Waals surface area contributed by atoms with E-state index in [0.717, 1.165) is 16.5 Å². The van der Waals surface area contributed by atoms with Crippen LogP contribution in [0.3, 0.4) is 0 Å². The fourth-order valence-electron chi connectivity index (χ4n) is 1.22. The predicted octanol–water partition coefficient (Wildman–Crippen LogP) is 2.34. The first kappa shape index (κ1) is 11.5. The van der Waals surface area contributed by atoms with Crippen LogP contribution < -0.4 is 5.32 Å². The van der Waals surface area contributed by atoms with Crippen molar-refractivity contribution in [3.63, 3.8) is 0 Å². The average molecular weight is 303 g/mol. The van der Waals surface area contributed by atoms with Gasteiger partial charge < -0.3 is 5.32 Å². The zero-order valence-corrected chi connectivity index (χ0v) is 10.3. The van der Waals surface area contributed by atoms with Crippen LogP contribution in [-0.2, 0) is 4.79 Å². The smallest absolute Gasteiger partial charge is 0.227 e. The third-order valence-corrected chi connectivity index (χ3v) is 2.63. The Hall–Kier alpha value is -0.580. The first-order valence-corrected chi connectivity index (χ1v) is 6.17. The summed E-state index contributed by atoms with van der Waals surface area (Å²) in [6.45, 7) is 2.68. The highest BCUT2D eigenvalue weighted by Crippen LogP contribution is 2.13. The van der Waals surface area contributed by atoms with Crippen LogP contribution in [0.5, 0.6) is 0 Å². The zero-order valence-electron chi connectivity index (χ0n) is 8.16. The number of halogens is 1. The van der Waals surface area contributed by atoms with E-state index >= 15 is 0 Å². The Labute approximate surface area is 98.2 Å². The second kappa shape index (κ2) is 6.01. The van der Waals surface area contributed by atoms with Gasteiger partial charge in [0.1, 0.15) is 0 Å². The fraction of sp³-hybridized carbons (Fsp3) is 0.364. The van der Waals surface area contributed by atoms with Crippen molar-refractivity contribution in [1.82, 2.24) is 5.32 Å². The molecule has 0 aliphatic heterocycles. The van der Waals surface area contributed by atoms with Crippen LogP contribution in [-0.4, -0.2) is 16.9 Å². The van der Waals surface area contributed by atoms with Gasteiger partial charge in [-0.1, -0.05) is 52.9 Å². The van der Waals surface area contributed by atoms with E-state index in [4.69, 9.17) is 0 Å². The molecule has 0 spiro atoms. The Bertz CT molecular complexity index is 287. The summed E-state index contributed by atoms with van der Waals surface area (Å²) >= 11 is 2.24. The molecule has 1 unspecified atom stereocenters. The molecule has 0 saturated carbocycles. The number of hydrogen-bond acceptors (Lipinski definition) is 1. The minimum absolute atomic E-state index is 0.0563. The lowest BCUT2D eigenvalue weighted by Crippen LogP contribution is -2.29. The van der Waals surface area contributed by atoms with Crippen molar-refractivity contribution in [2.24, 2.45) is 0 Å².